The van der Waals surface area contributed by atoms with Gasteiger partial charge in [-0.2, -0.15) is 0 Å². The Hall–Kier alpha value is -1.87. The first kappa shape index (κ1) is 13.6. The van der Waals surface area contributed by atoms with Crippen molar-refractivity contribution < 1.29 is 5.11 Å². The van der Waals surface area contributed by atoms with Crippen LogP contribution >= 0.6 is 0 Å². The molecule has 2 aromatic rings. The number of hydrogen-bond acceptors (Lipinski definition) is 3. The maximum absolute atomic E-state index is 9.16. The quantitative estimate of drug-likeness (QED) is 0.893. The van der Waals surface area contributed by atoms with Crippen molar-refractivity contribution in [2.45, 2.75) is 27.0 Å². The van der Waals surface area contributed by atoms with Crippen molar-refractivity contribution in [1.82, 2.24) is 4.98 Å². The lowest BCUT2D eigenvalue weighted by atomic mass is 10.1. The van der Waals surface area contributed by atoms with Gasteiger partial charge >= 0.3 is 0 Å². The molecule has 1 heterocycles. The highest BCUT2D eigenvalue weighted by Crippen LogP contribution is 2.23. The number of hydrogen-bond donors (Lipinski definition) is 1. The van der Waals surface area contributed by atoms with Gasteiger partial charge in [0, 0.05) is 31.2 Å². The number of aryl methyl sites for hydroxylation is 1. The third kappa shape index (κ3) is 3.32. The van der Waals surface area contributed by atoms with Crippen LogP contribution in [-0.4, -0.2) is 16.6 Å². The lowest BCUT2D eigenvalue weighted by Gasteiger charge is -2.25. The van der Waals surface area contributed by atoms with E-state index >= 15 is 0 Å². The average Bonchev–Trinajstić information content (AvgIpc) is 2.46. The van der Waals surface area contributed by atoms with Crippen molar-refractivity contribution in [1.29, 1.82) is 0 Å². The number of nitrogens with zero attached hydrogens (tertiary/aromatic N) is 2. The molecule has 3 nitrogen and oxygen atoms in total. The SMILES string of the molecule is CCN(Cc1ccncc1)c1ccc(CO)cc1C. The Bertz CT molecular complexity index is 526. The maximum Gasteiger partial charge on any atom is 0.0681 e. The smallest absolute Gasteiger partial charge is 0.0681 e. The second-order valence-electron chi connectivity index (χ2n) is 4.65. The van der Waals surface area contributed by atoms with E-state index in [1.807, 2.05) is 36.7 Å². The summed E-state index contributed by atoms with van der Waals surface area (Å²) < 4.78 is 0. The molecule has 0 saturated heterocycles. The minimum absolute atomic E-state index is 0.0948. The van der Waals surface area contributed by atoms with Crippen LogP contribution < -0.4 is 4.90 Å². The van der Waals surface area contributed by atoms with Crippen LogP contribution in [-0.2, 0) is 13.2 Å². The van der Waals surface area contributed by atoms with Crippen LogP contribution in [0.2, 0.25) is 0 Å². The van der Waals surface area contributed by atoms with Crippen LogP contribution in [0.4, 0.5) is 5.69 Å². The first-order chi connectivity index (χ1) is 9.24. The highest BCUT2D eigenvalue weighted by molar-refractivity contribution is 5.54. The van der Waals surface area contributed by atoms with Crippen LogP contribution in [0.3, 0.4) is 0 Å². The van der Waals surface area contributed by atoms with Crippen LogP contribution in [0.1, 0.15) is 23.6 Å². The van der Waals surface area contributed by atoms with E-state index in [0.29, 0.717) is 0 Å². The molecule has 19 heavy (non-hydrogen) atoms. The minimum atomic E-state index is 0.0948. The first-order valence-electron chi connectivity index (χ1n) is 6.58. The fourth-order valence-electron chi connectivity index (χ4n) is 2.25. The molecule has 100 valence electrons. The minimum Gasteiger partial charge on any atom is -0.392 e. The summed E-state index contributed by atoms with van der Waals surface area (Å²) >= 11 is 0. The molecule has 0 aliphatic heterocycles. The fourth-order valence-corrected chi connectivity index (χ4v) is 2.25. The number of aliphatic hydroxyl groups is 1. The molecule has 2 rings (SSSR count). The third-order valence-electron chi connectivity index (χ3n) is 3.29. The summed E-state index contributed by atoms with van der Waals surface area (Å²) in [6.07, 6.45) is 3.65. The van der Waals surface area contributed by atoms with Gasteiger partial charge in [-0.15, -0.1) is 0 Å². The normalized spacial score (nSPS) is 10.5. The van der Waals surface area contributed by atoms with Crippen LogP contribution in [0.15, 0.2) is 42.7 Å². The van der Waals surface area contributed by atoms with E-state index in [1.165, 1.54) is 16.8 Å². The van der Waals surface area contributed by atoms with Gasteiger partial charge in [0.25, 0.3) is 0 Å². The van der Waals surface area contributed by atoms with Gasteiger partial charge in [0.15, 0.2) is 0 Å². The van der Waals surface area contributed by atoms with E-state index in [2.05, 4.69) is 29.8 Å². The van der Waals surface area contributed by atoms with Crippen molar-refractivity contribution in [2.24, 2.45) is 0 Å². The Kier molecular flexibility index (Phi) is 4.53. The van der Waals surface area contributed by atoms with Gasteiger partial charge in [-0.1, -0.05) is 12.1 Å². The Balaban J connectivity index is 2.22. The van der Waals surface area contributed by atoms with Crippen LogP contribution in [0.5, 0.6) is 0 Å². The molecule has 0 unspecified atom stereocenters. The molecule has 0 radical (unpaired) electrons. The van der Waals surface area contributed by atoms with Gasteiger partial charge < -0.3 is 10.0 Å². The topological polar surface area (TPSA) is 36.4 Å². The van der Waals surface area contributed by atoms with Gasteiger partial charge in [0.2, 0.25) is 0 Å². The molecule has 0 bridgehead atoms. The largest absolute Gasteiger partial charge is 0.392 e. The number of aromatic nitrogens is 1. The van der Waals surface area contributed by atoms with E-state index in [-0.39, 0.29) is 6.61 Å². The van der Waals surface area contributed by atoms with Crippen molar-refractivity contribution in [2.75, 3.05) is 11.4 Å². The lowest BCUT2D eigenvalue weighted by molar-refractivity contribution is 0.282. The molecule has 3 heteroatoms. The second kappa shape index (κ2) is 6.34. The first-order valence-corrected chi connectivity index (χ1v) is 6.58. The summed E-state index contributed by atoms with van der Waals surface area (Å²) in [4.78, 5) is 6.37. The van der Waals surface area contributed by atoms with Gasteiger partial charge in [-0.25, -0.2) is 0 Å². The van der Waals surface area contributed by atoms with E-state index in [9.17, 15) is 0 Å². The summed E-state index contributed by atoms with van der Waals surface area (Å²) in [5, 5.41) is 9.16. The summed E-state index contributed by atoms with van der Waals surface area (Å²) in [5.41, 5.74) is 4.63. The van der Waals surface area contributed by atoms with Gasteiger partial charge in [-0.3, -0.25) is 4.98 Å². The Labute approximate surface area is 114 Å². The predicted octanol–water partition coefficient (Wildman–Crippen LogP) is 2.91. The van der Waals surface area contributed by atoms with E-state index in [1.54, 1.807) is 0 Å². The Morgan fingerprint density at radius 1 is 1.11 bits per heavy atom. The molecule has 1 N–H and O–H groups in total. The van der Waals surface area contributed by atoms with Crippen LogP contribution in [0, 0.1) is 6.92 Å². The van der Waals surface area contributed by atoms with E-state index < -0.39 is 0 Å². The molecule has 0 saturated carbocycles. The third-order valence-corrected chi connectivity index (χ3v) is 3.29. The van der Waals surface area contributed by atoms with Crippen molar-refractivity contribution in [3.05, 3.63) is 59.4 Å². The van der Waals surface area contributed by atoms with Gasteiger partial charge in [0.1, 0.15) is 0 Å². The number of benzene rings is 1. The molecule has 0 aliphatic rings. The zero-order chi connectivity index (χ0) is 13.7. The summed E-state index contributed by atoms with van der Waals surface area (Å²) in [7, 11) is 0. The van der Waals surface area contributed by atoms with Crippen molar-refractivity contribution in [3.63, 3.8) is 0 Å². The molecule has 0 fully saturated rings. The fraction of sp³-hybridized carbons (Fsp3) is 0.312. The van der Waals surface area contributed by atoms with Crippen LogP contribution in [0.25, 0.3) is 0 Å². The molecular formula is C16H20N2O. The van der Waals surface area contributed by atoms with E-state index in [4.69, 9.17) is 5.11 Å². The predicted molar refractivity (Wildman–Crippen MR) is 78.1 cm³/mol. The number of pyridine rings is 1. The van der Waals surface area contributed by atoms with Crippen molar-refractivity contribution in [3.8, 4) is 0 Å². The lowest BCUT2D eigenvalue weighted by Crippen LogP contribution is -2.22. The number of anilines is 1. The monoisotopic (exact) mass is 256 g/mol. The summed E-state index contributed by atoms with van der Waals surface area (Å²) in [5.74, 6) is 0. The maximum atomic E-state index is 9.16. The number of aliphatic hydroxyl groups excluding tert-OH is 1. The zero-order valence-corrected chi connectivity index (χ0v) is 11.5. The Morgan fingerprint density at radius 2 is 1.84 bits per heavy atom. The molecule has 0 amide bonds. The molecule has 0 atom stereocenters. The summed E-state index contributed by atoms with van der Waals surface area (Å²) in [6, 6.07) is 10.2. The highest BCUT2D eigenvalue weighted by Gasteiger charge is 2.08. The van der Waals surface area contributed by atoms with Gasteiger partial charge in [0.05, 0.1) is 6.61 Å². The molecule has 0 spiro atoms. The standard InChI is InChI=1S/C16H20N2O/c1-3-18(11-14-6-8-17-9-7-14)16-5-4-15(12-19)10-13(16)2/h4-10,19H,3,11-12H2,1-2H3. The molecule has 0 aliphatic carbocycles. The molecular weight excluding hydrogens is 236 g/mol. The summed E-state index contributed by atoms with van der Waals surface area (Å²) in [6.45, 7) is 6.15. The van der Waals surface area contributed by atoms with E-state index in [0.717, 1.165) is 18.7 Å². The molecule has 1 aromatic carbocycles. The zero-order valence-electron chi connectivity index (χ0n) is 11.5. The number of rotatable bonds is 5. The van der Waals surface area contributed by atoms with Crippen molar-refractivity contribution >= 4 is 5.69 Å². The molecule has 1 aromatic heterocycles. The average molecular weight is 256 g/mol. The van der Waals surface area contributed by atoms with Gasteiger partial charge in [-0.05, 0) is 48.7 Å². The highest BCUT2D eigenvalue weighted by atomic mass is 16.3. The second-order valence-corrected chi connectivity index (χ2v) is 4.65. The Morgan fingerprint density at radius 3 is 2.42 bits per heavy atom.